The first kappa shape index (κ1) is 15.9. The quantitative estimate of drug-likeness (QED) is 0.776. The highest BCUT2D eigenvalue weighted by Gasteiger charge is 2.16. The summed E-state index contributed by atoms with van der Waals surface area (Å²) < 4.78 is 7.22. The molecule has 4 nitrogen and oxygen atoms in total. The van der Waals surface area contributed by atoms with Crippen molar-refractivity contribution < 1.29 is 9.53 Å². The van der Waals surface area contributed by atoms with Gasteiger partial charge in [0.1, 0.15) is 5.75 Å². The summed E-state index contributed by atoms with van der Waals surface area (Å²) in [5.41, 5.74) is 4.41. The number of amides is 1. The average Bonchev–Trinajstić information content (AvgIpc) is 2.91. The van der Waals surface area contributed by atoms with Gasteiger partial charge >= 0.3 is 0 Å². The van der Waals surface area contributed by atoms with Crippen molar-refractivity contribution in [1.29, 1.82) is 0 Å². The Labute approximate surface area is 141 Å². The summed E-state index contributed by atoms with van der Waals surface area (Å²) in [5.74, 6) is 0.644. The Hall–Kier alpha value is -3.01. The van der Waals surface area contributed by atoms with Crippen molar-refractivity contribution in [3.05, 3.63) is 77.6 Å². The molecule has 1 N–H and O–H groups in total. The largest absolute Gasteiger partial charge is 0.497 e. The number of benzene rings is 2. The van der Waals surface area contributed by atoms with Crippen molar-refractivity contribution in [2.75, 3.05) is 12.4 Å². The molecule has 3 rings (SSSR count). The maximum Gasteiger partial charge on any atom is 0.257 e. The highest BCUT2D eigenvalue weighted by atomic mass is 16.5. The first-order chi connectivity index (χ1) is 11.6. The monoisotopic (exact) mass is 320 g/mol. The van der Waals surface area contributed by atoms with Crippen molar-refractivity contribution in [2.24, 2.45) is 0 Å². The van der Waals surface area contributed by atoms with E-state index in [2.05, 4.69) is 9.88 Å². The molecule has 0 spiro atoms. The molecule has 0 aliphatic carbocycles. The molecule has 3 aromatic rings. The van der Waals surface area contributed by atoms with Crippen molar-refractivity contribution in [3.63, 3.8) is 0 Å². The van der Waals surface area contributed by atoms with Gasteiger partial charge in [-0.05, 0) is 56.3 Å². The summed E-state index contributed by atoms with van der Waals surface area (Å²) >= 11 is 0. The predicted octanol–water partition coefficient (Wildman–Crippen LogP) is 4.36. The van der Waals surface area contributed by atoms with Gasteiger partial charge in [-0.15, -0.1) is 0 Å². The number of nitrogens with zero attached hydrogens (tertiary/aromatic N) is 1. The zero-order valence-electron chi connectivity index (χ0n) is 14.0. The molecular weight excluding hydrogens is 300 g/mol. The molecule has 1 aromatic heterocycles. The number of hydrogen-bond acceptors (Lipinski definition) is 2. The van der Waals surface area contributed by atoms with Crippen LogP contribution in [0, 0.1) is 13.8 Å². The van der Waals surface area contributed by atoms with Gasteiger partial charge in [0.2, 0.25) is 0 Å². The summed E-state index contributed by atoms with van der Waals surface area (Å²) in [7, 11) is 1.62. The second kappa shape index (κ2) is 6.62. The smallest absolute Gasteiger partial charge is 0.257 e. The third kappa shape index (κ3) is 3.04. The van der Waals surface area contributed by atoms with Crippen LogP contribution in [0.4, 0.5) is 5.69 Å². The highest BCUT2D eigenvalue weighted by molar-refractivity contribution is 6.05. The van der Waals surface area contributed by atoms with E-state index in [1.54, 1.807) is 7.11 Å². The first-order valence-electron chi connectivity index (χ1n) is 7.80. The summed E-state index contributed by atoms with van der Waals surface area (Å²) in [6.45, 7) is 3.97. The van der Waals surface area contributed by atoms with E-state index in [1.165, 1.54) is 0 Å². The SMILES string of the molecule is COc1ccc(NC(=O)c2cc(C)n(-c3ccccc3)c2C)cc1. The standard InChI is InChI=1S/C20H20N2O2/c1-14-13-19(15(2)22(14)17-7-5-4-6-8-17)20(23)21-16-9-11-18(24-3)12-10-16/h4-13H,1-3H3,(H,21,23). The van der Waals surface area contributed by atoms with Gasteiger partial charge in [0.25, 0.3) is 5.91 Å². The van der Waals surface area contributed by atoms with Gasteiger partial charge in [0, 0.05) is 22.8 Å². The van der Waals surface area contributed by atoms with E-state index in [9.17, 15) is 4.79 Å². The zero-order chi connectivity index (χ0) is 17.1. The summed E-state index contributed by atoms with van der Waals surface area (Å²) in [5, 5.41) is 2.93. The molecule has 0 aliphatic rings. The number of carbonyl (C=O) groups excluding carboxylic acids is 1. The molecular formula is C20H20N2O2. The van der Waals surface area contributed by atoms with E-state index >= 15 is 0 Å². The summed E-state index contributed by atoms with van der Waals surface area (Å²) in [6, 6.07) is 19.2. The van der Waals surface area contributed by atoms with E-state index in [-0.39, 0.29) is 5.91 Å². The number of hydrogen-bond donors (Lipinski definition) is 1. The minimum Gasteiger partial charge on any atom is -0.497 e. The van der Waals surface area contributed by atoms with Crippen molar-refractivity contribution in [1.82, 2.24) is 4.57 Å². The number of nitrogens with one attached hydrogen (secondary N) is 1. The Morgan fingerprint density at radius 3 is 2.29 bits per heavy atom. The third-order valence-electron chi connectivity index (χ3n) is 4.04. The number of para-hydroxylation sites is 1. The lowest BCUT2D eigenvalue weighted by Crippen LogP contribution is -2.13. The number of aryl methyl sites for hydroxylation is 1. The number of ether oxygens (including phenoxy) is 1. The lowest BCUT2D eigenvalue weighted by molar-refractivity contribution is 0.102. The Kier molecular flexibility index (Phi) is 4.38. The summed E-state index contributed by atoms with van der Waals surface area (Å²) in [4.78, 5) is 12.6. The molecule has 4 heteroatoms. The molecule has 122 valence electrons. The van der Waals surface area contributed by atoms with Crippen LogP contribution in [0.2, 0.25) is 0 Å². The molecule has 0 saturated carbocycles. The molecule has 0 fully saturated rings. The fourth-order valence-electron chi connectivity index (χ4n) is 2.84. The number of methoxy groups -OCH3 is 1. The maximum atomic E-state index is 12.6. The predicted molar refractivity (Wildman–Crippen MR) is 96.2 cm³/mol. The van der Waals surface area contributed by atoms with Crippen LogP contribution in [0.5, 0.6) is 5.75 Å². The van der Waals surface area contributed by atoms with E-state index in [0.717, 1.165) is 28.5 Å². The third-order valence-corrected chi connectivity index (χ3v) is 4.04. The van der Waals surface area contributed by atoms with Crippen LogP contribution in [0.25, 0.3) is 5.69 Å². The van der Waals surface area contributed by atoms with Crippen molar-refractivity contribution in [2.45, 2.75) is 13.8 Å². The van der Waals surface area contributed by atoms with E-state index in [1.807, 2.05) is 74.5 Å². The molecule has 2 aromatic carbocycles. The van der Waals surface area contributed by atoms with Gasteiger partial charge in [0.05, 0.1) is 12.7 Å². The normalized spacial score (nSPS) is 10.5. The Morgan fingerprint density at radius 2 is 1.67 bits per heavy atom. The zero-order valence-corrected chi connectivity index (χ0v) is 14.0. The molecule has 1 heterocycles. The molecule has 0 unspecified atom stereocenters. The van der Waals surface area contributed by atoms with Crippen LogP contribution in [-0.4, -0.2) is 17.6 Å². The molecule has 0 saturated heterocycles. The summed E-state index contributed by atoms with van der Waals surface area (Å²) in [6.07, 6.45) is 0. The molecule has 0 bridgehead atoms. The van der Waals surface area contributed by atoms with Crippen LogP contribution in [0.3, 0.4) is 0 Å². The molecule has 0 aliphatic heterocycles. The maximum absolute atomic E-state index is 12.6. The average molecular weight is 320 g/mol. The molecule has 24 heavy (non-hydrogen) atoms. The Morgan fingerprint density at radius 1 is 1.00 bits per heavy atom. The van der Waals surface area contributed by atoms with E-state index in [0.29, 0.717) is 5.56 Å². The fourth-order valence-corrected chi connectivity index (χ4v) is 2.84. The molecule has 0 atom stereocenters. The van der Waals surface area contributed by atoms with E-state index in [4.69, 9.17) is 4.74 Å². The van der Waals surface area contributed by atoms with Gasteiger partial charge in [-0.1, -0.05) is 18.2 Å². The second-order valence-corrected chi connectivity index (χ2v) is 5.64. The van der Waals surface area contributed by atoms with E-state index < -0.39 is 0 Å². The number of carbonyl (C=O) groups is 1. The number of aromatic nitrogens is 1. The minimum absolute atomic E-state index is 0.115. The topological polar surface area (TPSA) is 43.3 Å². The lowest BCUT2D eigenvalue weighted by Gasteiger charge is -2.10. The van der Waals surface area contributed by atoms with Crippen LogP contribution < -0.4 is 10.1 Å². The fraction of sp³-hybridized carbons (Fsp3) is 0.150. The lowest BCUT2D eigenvalue weighted by atomic mass is 10.2. The van der Waals surface area contributed by atoms with Gasteiger partial charge in [0.15, 0.2) is 0 Å². The molecule has 0 radical (unpaired) electrons. The minimum atomic E-state index is -0.115. The molecule has 1 amide bonds. The van der Waals surface area contributed by atoms with Gasteiger partial charge in [-0.2, -0.15) is 0 Å². The van der Waals surface area contributed by atoms with Crippen molar-refractivity contribution >= 4 is 11.6 Å². The Bertz CT molecular complexity index is 849. The van der Waals surface area contributed by atoms with Gasteiger partial charge in [-0.3, -0.25) is 4.79 Å². The van der Waals surface area contributed by atoms with Crippen molar-refractivity contribution in [3.8, 4) is 11.4 Å². The van der Waals surface area contributed by atoms with Crippen LogP contribution in [0.1, 0.15) is 21.7 Å². The highest BCUT2D eigenvalue weighted by Crippen LogP contribution is 2.22. The second-order valence-electron chi connectivity index (χ2n) is 5.64. The number of rotatable bonds is 4. The van der Waals surface area contributed by atoms with Gasteiger partial charge < -0.3 is 14.6 Å². The first-order valence-corrected chi connectivity index (χ1v) is 7.80. The van der Waals surface area contributed by atoms with Crippen LogP contribution in [-0.2, 0) is 0 Å². The van der Waals surface area contributed by atoms with Gasteiger partial charge in [-0.25, -0.2) is 0 Å². The van der Waals surface area contributed by atoms with Crippen LogP contribution in [0.15, 0.2) is 60.7 Å². The Balaban J connectivity index is 1.88. The number of anilines is 1. The van der Waals surface area contributed by atoms with Crippen LogP contribution >= 0.6 is 0 Å².